The molecule has 4 nitrogen and oxygen atoms in total. The van der Waals surface area contributed by atoms with Crippen molar-refractivity contribution >= 4 is 105 Å². The van der Waals surface area contributed by atoms with Gasteiger partial charge >= 0.3 is 0 Å². The minimum absolute atomic E-state index is 0.133. The zero-order valence-corrected chi connectivity index (χ0v) is 24.6. The van der Waals surface area contributed by atoms with E-state index in [2.05, 4.69) is 95.6 Å². The number of hydrogen-bond acceptors (Lipinski definition) is 4. The number of ether oxygens (including phenoxy) is 2. The SMILES string of the molecule is CCOc1c(Br)cc(S(=O)(=O)c2cc(Br)c(OCC(Br)CBr)c(Br)c2)cc1Br. The molecule has 0 aliphatic rings. The normalized spacial score (nSPS) is 12.7. The van der Waals surface area contributed by atoms with Crippen LogP contribution in [0.4, 0.5) is 0 Å². The molecule has 0 N–H and O–H groups in total. The largest absolute Gasteiger partial charge is 0.492 e. The molecule has 0 bridgehead atoms. The Morgan fingerprint density at radius 2 is 1.25 bits per heavy atom. The van der Waals surface area contributed by atoms with Crippen LogP contribution in [-0.4, -0.2) is 31.8 Å². The standard InChI is InChI=1S/C17H14Br6O4S/c1-2-26-16-12(20)3-10(4-13(16)21)28(24,25)11-5-14(22)17(15(23)6-11)27-8-9(19)7-18/h3-6,9H,2,7-8H2,1H3. The van der Waals surface area contributed by atoms with Gasteiger partial charge in [0.2, 0.25) is 9.84 Å². The Bertz CT molecular complexity index is 918. The summed E-state index contributed by atoms with van der Waals surface area (Å²) in [6.07, 6.45) is 0. The number of sulfone groups is 1. The zero-order chi connectivity index (χ0) is 21.1. The third-order valence-corrected chi connectivity index (χ3v) is 9.74. The lowest BCUT2D eigenvalue weighted by Crippen LogP contribution is -2.13. The van der Waals surface area contributed by atoms with Crippen LogP contribution < -0.4 is 9.47 Å². The van der Waals surface area contributed by atoms with Gasteiger partial charge in [0.25, 0.3) is 0 Å². The van der Waals surface area contributed by atoms with E-state index in [1.54, 1.807) is 0 Å². The van der Waals surface area contributed by atoms with E-state index in [1.807, 2.05) is 6.92 Å². The summed E-state index contributed by atoms with van der Waals surface area (Å²) in [6, 6.07) is 6.13. The Labute approximate surface area is 214 Å². The summed E-state index contributed by atoms with van der Waals surface area (Å²) < 4.78 is 39.8. The summed E-state index contributed by atoms with van der Waals surface area (Å²) in [6.45, 7) is 2.75. The Morgan fingerprint density at radius 1 is 0.857 bits per heavy atom. The van der Waals surface area contributed by atoms with Crippen molar-refractivity contribution in [1.29, 1.82) is 0 Å². The van der Waals surface area contributed by atoms with E-state index in [0.29, 0.717) is 42.6 Å². The van der Waals surface area contributed by atoms with Crippen molar-refractivity contribution in [3.8, 4) is 11.5 Å². The first-order valence-electron chi connectivity index (χ1n) is 7.80. The molecule has 0 saturated carbocycles. The lowest BCUT2D eigenvalue weighted by Gasteiger charge is -2.15. The van der Waals surface area contributed by atoms with Gasteiger partial charge in [0.15, 0.2) is 0 Å². The maximum atomic E-state index is 13.2. The lowest BCUT2D eigenvalue weighted by molar-refractivity contribution is 0.321. The van der Waals surface area contributed by atoms with E-state index < -0.39 is 9.84 Å². The van der Waals surface area contributed by atoms with Gasteiger partial charge in [0, 0.05) is 5.33 Å². The van der Waals surface area contributed by atoms with Crippen molar-refractivity contribution < 1.29 is 17.9 Å². The summed E-state index contributed by atoms with van der Waals surface area (Å²) in [5, 5.41) is 0.732. The highest BCUT2D eigenvalue weighted by Gasteiger charge is 2.24. The van der Waals surface area contributed by atoms with E-state index in [9.17, 15) is 8.42 Å². The van der Waals surface area contributed by atoms with Gasteiger partial charge in [0.1, 0.15) is 18.1 Å². The molecular formula is C17H14Br6O4S. The molecule has 0 aliphatic carbocycles. The van der Waals surface area contributed by atoms with Crippen molar-refractivity contribution in [2.45, 2.75) is 21.5 Å². The molecule has 1 atom stereocenters. The fourth-order valence-electron chi connectivity index (χ4n) is 2.16. The molecule has 2 aromatic carbocycles. The lowest BCUT2D eigenvalue weighted by atomic mass is 10.3. The highest BCUT2D eigenvalue weighted by molar-refractivity contribution is 9.12. The van der Waals surface area contributed by atoms with E-state index in [-0.39, 0.29) is 14.6 Å². The van der Waals surface area contributed by atoms with Crippen molar-refractivity contribution in [2.75, 3.05) is 18.5 Å². The van der Waals surface area contributed by atoms with E-state index in [0.717, 1.165) is 5.33 Å². The van der Waals surface area contributed by atoms with Crippen LogP contribution in [-0.2, 0) is 9.84 Å². The van der Waals surface area contributed by atoms with E-state index >= 15 is 0 Å². The summed E-state index contributed by atoms with van der Waals surface area (Å²) in [7, 11) is -3.76. The van der Waals surface area contributed by atoms with Crippen LogP contribution in [0.3, 0.4) is 0 Å². The Kier molecular flexibility index (Phi) is 9.83. The molecule has 0 spiro atoms. The summed E-state index contributed by atoms with van der Waals surface area (Å²) in [5.41, 5.74) is 0. The van der Waals surface area contributed by atoms with Crippen LogP contribution in [0.2, 0.25) is 0 Å². The second kappa shape index (κ2) is 10.9. The van der Waals surface area contributed by atoms with Gasteiger partial charge in [-0.25, -0.2) is 8.42 Å². The number of hydrogen-bond donors (Lipinski definition) is 0. The number of benzene rings is 2. The summed E-state index contributed by atoms with van der Waals surface area (Å²) >= 11 is 20.4. The van der Waals surface area contributed by atoms with E-state index in [4.69, 9.17) is 9.47 Å². The second-order valence-electron chi connectivity index (χ2n) is 5.43. The quantitative estimate of drug-likeness (QED) is 0.260. The van der Waals surface area contributed by atoms with Crippen molar-refractivity contribution in [3.63, 3.8) is 0 Å². The van der Waals surface area contributed by atoms with Crippen LogP contribution in [0, 0.1) is 0 Å². The van der Waals surface area contributed by atoms with Crippen LogP contribution in [0.15, 0.2) is 51.9 Å². The first kappa shape index (κ1) is 25.1. The third kappa shape index (κ3) is 5.97. The zero-order valence-electron chi connectivity index (χ0n) is 14.3. The fourth-order valence-corrected chi connectivity index (χ4v) is 7.28. The van der Waals surface area contributed by atoms with Gasteiger partial charge in [-0.2, -0.15) is 0 Å². The molecule has 0 aliphatic heterocycles. The summed E-state index contributed by atoms with van der Waals surface area (Å²) in [4.78, 5) is 0.410. The van der Waals surface area contributed by atoms with Crippen molar-refractivity contribution in [1.82, 2.24) is 0 Å². The molecule has 11 heteroatoms. The molecular weight excluding hydrogens is 780 g/mol. The first-order valence-corrected chi connectivity index (χ1v) is 14.5. The average Bonchev–Trinajstić information content (AvgIpc) is 2.63. The third-order valence-electron chi connectivity index (χ3n) is 3.43. The predicted octanol–water partition coefficient (Wildman–Crippen LogP) is 7.51. The van der Waals surface area contributed by atoms with Gasteiger partial charge in [0.05, 0.1) is 39.1 Å². The Balaban J connectivity index is 2.44. The minimum Gasteiger partial charge on any atom is -0.492 e. The molecule has 0 aromatic heterocycles. The highest BCUT2D eigenvalue weighted by Crippen LogP contribution is 2.40. The minimum atomic E-state index is -3.76. The summed E-state index contributed by atoms with van der Waals surface area (Å²) in [5.74, 6) is 1.10. The number of halogens is 6. The van der Waals surface area contributed by atoms with Crippen LogP contribution in [0.5, 0.6) is 11.5 Å². The van der Waals surface area contributed by atoms with E-state index in [1.165, 1.54) is 24.3 Å². The number of alkyl halides is 2. The average molecular weight is 794 g/mol. The first-order chi connectivity index (χ1) is 13.1. The highest BCUT2D eigenvalue weighted by atomic mass is 79.9. The van der Waals surface area contributed by atoms with Crippen molar-refractivity contribution in [2.24, 2.45) is 0 Å². The topological polar surface area (TPSA) is 52.6 Å². The molecule has 28 heavy (non-hydrogen) atoms. The molecule has 0 amide bonds. The van der Waals surface area contributed by atoms with Crippen molar-refractivity contribution in [3.05, 3.63) is 42.2 Å². The van der Waals surface area contributed by atoms with Crippen LogP contribution in [0.1, 0.15) is 6.92 Å². The Hall–Kier alpha value is 0.870. The fraction of sp³-hybridized carbons (Fsp3) is 0.294. The molecule has 0 saturated heterocycles. The molecule has 0 fully saturated rings. The smallest absolute Gasteiger partial charge is 0.206 e. The van der Waals surface area contributed by atoms with Gasteiger partial charge in [-0.3, -0.25) is 0 Å². The maximum Gasteiger partial charge on any atom is 0.206 e. The monoisotopic (exact) mass is 788 g/mol. The molecule has 2 aromatic rings. The van der Waals surface area contributed by atoms with Crippen LogP contribution >= 0.6 is 95.6 Å². The van der Waals surface area contributed by atoms with Gasteiger partial charge in [-0.15, -0.1) is 0 Å². The van der Waals surface area contributed by atoms with Gasteiger partial charge < -0.3 is 9.47 Å². The van der Waals surface area contributed by atoms with Gasteiger partial charge in [-0.1, -0.05) is 31.9 Å². The number of rotatable bonds is 8. The molecule has 2 rings (SSSR count). The maximum absolute atomic E-state index is 13.2. The van der Waals surface area contributed by atoms with Crippen LogP contribution in [0.25, 0.3) is 0 Å². The second-order valence-corrected chi connectivity index (χ2v) is 12.7. The molecule has 0 radical (unpaired) electrons. The Morgan fingerprint density at radius 3 is 1.61 bits per heavy atom. The molecule has 1 unspecified atom stereocenters. The molecule has 154 valence electrons. The predicted molar refractivity (Wildman–Crippen MR) is 132 cm³/mol. The van der Waals surface area contributed by atoms with Gasteiger partial charge in [-0.05, 0) is 94.9 Å². The molecule has 0 heterocycles.